The van der Waals surface area contributed by atoms with Gasteiger partial charge >= 0.3 is 0 Å². The molecule has 1 fully saturated rings. The van der Waals surface area contributed by atoms with E-state index >= 15 is 0 Å². The van der Waals surface area contributed by atoms with Gasteiger partial charge in [0.25, 0.3) is 0 Å². The van der Waals surface area contributed by atoms with Gasteiger partial charge in [-0.25, -0.2) is 0 Å². The van der Waals surface area contributed by atoms with Crippen LogP contribution in [0.5, 0.6) is 0 Å². The van der Waals surface area contributed by atoms with Gasteiger partial charge in [0.05, 0.1) is 6.42 Å². The van der Waals surface area contributed by atoms with E-state index in [-0.39, 0.29) is 18.2 Å². The Morgan fingerprint density at radius 1 is 1.23 bits per heavy atom. The second-order valence-electron chi connectivity index (χ2n) is 6.50. The minimum atomic E-state index is -0.109. The van der Waals surface area contributed by atoms with Crippen LogP contribution in [0.25, 0.3) is 0 Å². The molecule has 2 aromatic rings. The minimum absolute atomic E-state index is 0.109. The van der Waals surface area contributed by atoms with Crippen LogP contribution in [0.15, 0.2) is 24.3 Å². The number of benzene rings is 1. The van der Waals surface area contributed by atoms with Crippen molar-refractivity contribution in [1.82, 2.24) is 10.2 Å². The van der Waals surface area contributed by atoms with E-state index in [0.717, 1.165) is 42.1 Å². The Balaban J connectivity index is 1.57. The van der Waals surface area contributed by atoms with E-state index < -0.39 is 0 Å². The van der Waals surface area contributed by atoms with Gasteiger partial charge in [0, 0.05) is 24.6 Å². The van der Waals surface area contributed by atoms with Crippen LogP contribution in [0.4, 0.5) is 10.8 Å². The van der Waals surface area contributed by atoms with E-state index in [9.17, 15) is 9.59 Å². The molecule has 0 aliphatic carbocycles. The molecule has 6 nitrogen and oxygen atoms in total. The summed E-state index contributed by atoms with van der Waals surface area (Å²) in [5, 5.41) is 12.6. The largest absolute Gasteiger partial charge is 0.312 e. The van der Waals surface area contributed by atoms with E-state index in [2.05, 4.69) is 29.4 Å². The first-order chi connectivity index (χ1) is 12.6. The third-order valence-corrected chi connectivity index (χ3v) is 5.71. The summed E-state index contributed by atoms with van der Waals surface area (Å²) in [5.74, 6) is 0.460. The maximum absolute atomic E-state index is 12.3. The average Bonchev–Trinajstić information content (AvgIpc) is 3.26. The molecule has 0 radical (unpaired) electrons. The Bertz CT molecular complexity index is 768. The molecule has 3 rings (SSSR count). The van der Waals surface area contributed by atoms with E-state index in [1.807, 2.05) is 24.3 Å². The predicted octanol–water partition coefficient (Wildman–Crippen LogP) is 3.75. The van der Waals surface area contributed by atoms with Crippen molar-refractivity contribution in [3.8, 4) is 0 Å². The number of carbonyl (C=O) groups excluding carboxylic acids is 2. The number of aromatic nitrogens is 2. The molecule has 2 amide bonds. The number of nitrogens with one attached hydrogen (secondary N) is 1. The average molecular weight is 372 g/mol. The maximum atomic E-state index is 12.3. The lowest BCUT2D eigenvalue weighted by molar-refractivity contribution is -0.117. The highest BCUT2D eigenvalue weighted by Gasteiger charge is 2.21. The summed E-state index contributed by atoms with van der Waals surface area (Å²) in [4.78, 5) is 25.8. The molecule has 0 atom stereocenters. The van der Waals surface area contributed by atoms with Crippen molar-refractivity contribution in [2.75, 3.05) is 16.8 Å². The zero-order valence-electron chi connectivity index (χ0n) is 15.2. The van der Waals surface area contributed by atoms with Gasteiger partial charge < -0.3 is 10.2 Å². The zero-order chi connectivity index (χ0) is 18.5. The Kier molecular flexibility index (Phi) is 5.98. The van der Waals surface area contributed by atoms with Gasteiger partial charge in [-0.2, -0.15) is 0 Å². The lowest BCUT2D eigenvalue weighted by atomic mass is 10.1. The number of rotatable bonds is 7. The molecular weight excluding hydrogens is 348 g/mol. The molecule has 2 heterocycles. The second kappa shape index (κ2) is 8.40. The monoisotopic (exact) mass is 372 g/mol. The standard InChI is InChI=1S/C19H24N4O2S/c1-3-14(4-2)18-21-22-19(26-18)20-16(24)12-13-7-9-15(10-8-13)23-11-5-6-17(23)25/h7-10,14H,3-6,11-12H2,1-2H3,(H,20,22,24). The SMILES string of the molecule is CCC(CC)c1nnc(NC(=O)Cc2ccc(N3CCCC3=O)cc2)s1. The van der Waals surface area contributed by atoms with Crippen molar-refractivity contribution in [1.29, 1.82) is 0 Å². The fourth-order valence-corrected chi connectivity index (χ4v) is 4.18. The summed E-state index contributed by atoms with van der Waals surface area (Å²) in [6, 6.07) is 7.61. The summed E-state index contributed by atoms with van der Waals surface area (Å²) < 4.78 is 0. The fraction of sp³-hybridized carbons (Fsp3) is 0.474. The molecule has 1 aromatic heterocycles. The Labute approximate surface area is 157 Å². The summed E-state index contributed by atoms with van der Waals surface area (Å²) in [6.45, 7) is 5.04. The molecule has 26 heavy (non-hydrogen) atoms. The number of nitrogens with zero attached hydrogens (tertiary/aromatic N) is 3. The second-order valence-corrected chi connectivity index (χ2v) is 7.51. The van der Waals surface area contributed by atoms with Crippen LogP contribution in [0, 0.1) is 0 Å². The summed E-state index contributed by atoms with van der Waals surface area (Å²) in [7, 11) is 0. The highest BCUT2D eigenvalue weighted by molar-refractivity contribution is 7.15. The van der Waals surface area contributed by atoms with Gasteiger partial charge in [-0.05, 0) is 37.0 Å². The van der Waals surface area contributed by atoms with Crippen molar-refractivity contribution in [3.05, 3.63) is 34.8 Å². The van der Waals surface area contributed by atoms with E-state index in [1.165, 1.54) is 11.3 Å². The van der Waals surface area contributed by atoms with Crippen LogP contribution in [-0.4, -0.2) is 28.6 Å². The Morgan fingerprint density at radius 2 is 1.96 bits per heavy atom. The molecule has 1 aromatic carbocycles. The molecule has 1 aliphatic heterocycles. The van der Waals surface area contributed by atoms with Crippen molar-refractivity contribution >= 4 is 34.0 Å². The van der Waals surface area contributed by atoms with Crippen LogP contribution in [0.1, 0.15) is 56.0 Å². The zero-order valence-corrected chi connectivity index (χ0v) is 16.0. The molecule has 1 N–H and O–H groups in total. The van der Waals surface area contributed by atoms with Gasteiger partial charge in [-0.1, -0.05) is 37.3 Å². The first-order valence-electron chi connectivity index (χ1n) is 9.13. The van der Waals surface area contributed by atoms with Gasteiger partial charge in [-0.3, -0.25) is 9.59 Å². The minimum Gasteiger partial charge on any atom is -0.312 e. The van der Waals surface area contributed by atoms with E-state index in [0.29, 0.717) is 17.5 Å². The number of amides is 2. The molecule has 1 saturated heterocycles. The molecule has 0 bridgehead atoms. The molecule has 0 unspecified atom stereocenters. The molecule has 138 valence electrons. The highest BCUT2D eigenvalue weighted by Crippen LogP contribution is 2.28. The normalized spacial score (nSPS) is 14.3. The quantitative estimate of drug-likeness (QED) is 0.803. The lowest BCUT2D eigenvalue weighted by Crippen LogP contribution is -2.23. The summed E-state index contributed by atoms with van der Waals surface area (Å²) in [6.07, 6.45) is 3.83. The number of carbonyl (C=O) groups is 2. The van der Waals surface area contributed by atoms with E-state index in [1.54, 1.807) is 4.90 Å². The topological polar surface area (TPSA) is 75.2 Å². The van der Waals surface area contributed by atoms with Crippen LogP contribution < -0.4 is 10.2 Å². The lowest BCUT2D eigenvalue weighted by Gasteiger charge is -2.15. The summed E-state index contributed by atoms with van der Waals surface area (Å²) >= 11 is 1.45. The number of hydrogen-bond donors (Lipinski definition) is 1. The molecule has 1 aliphatic rings. The Morgan fingerprint density at radius 3 is 2.58 bits per heavy atom. The highest BCUT2D eigenvalue weighted by atomic mass is 32.1. The van der Waals surface area contributed by atoms with Gasteiger partial charge in [0.15, 0.2) is 0 Å². The van der Waals surface area contributed by atoms with Crippen molar-refractivity contribution in [2.24, 2.45) is 0 Å². The van der Waals surface area contributed by atoms with E-state index in [4.69, 9.17) is 0 Å². The van der Waals surface area contributed by atoms with Crippen LogP contribution >= 0.6 is 11.3 Å². The van der Waals surface area contributed by atoms with Crippen molar-refractivity contribution in [2.45, 2.75) is 51.9 Å². The summed E-state index contributed by atoms with van der Waals surface area (Å²) in [5.41, 5.74) is 1.80. The van der Waals surface area contributed by atoms with Crippen LogP contribution in [-0.2, 0) is 16.0 Å². The smallest absolute Gasteiger partial charge is 0.230 e. The fourth-order valence-electron chi connectivity index (χ4n) is 3.15. The predicted molar refractivity (Wildman–Crippen MR) is 104 cm³/mol. The van der Waals surface area contributed by atoms with Gasteiger partial charge in [0.2, 0.25) is 16.9 Å². The number of anilines is 2. The van der Waals surface area contributed by atoms with Gasteiger partial charge in [0.1, 0.15) is 5.01 Å². The van der Waals surface area contributed by atoms with Crippen LogP contribution in [0.2, 0.25) is 0 Å². The van der Waals surface area contributed by atoms with Crippen LogP contribution in [0.3, 0.4) is 0 Å². The van der Waals surface area contributed by atoms with Crippen molar-refractivity contribution < 1.29 is 9.59 Å². The third kappa shape index (κ3) is 4.27. The first kappa shape index (κ1) is 18.5. The molecular formula is C19H24N4O2S. The third-order valence-electron chi connectivity index (χ3n) is 4.71. The van der Waals surface area contributed by atoms with Crippen molar-refractivity contribution in [3.63, 3.8) is 0 Å². The maximum Gasteiger partial charge on any atom is 0.230 e. The number of hydrogen-bond acceptors (Lipinski definition) is 5. The molecule has 0 saturated carbocycles. The first-order valence-corrected chi connectivity index (χ1v) is 9.95. The molecule has 7 heteroatoms. The van der Waals surface area contributed by atoms with Gasteiger partial charge in [-0.15, -0.1) is 10.2 Å². The Hall–Kier alpha value is -2.28. The molecule has 0 spiro atoms.